The smallest absolute Gasteiger partial charge is 0.255 e. The zero-order chi connectivity index (χ0) is 26.2. The van der Waals surface area contributed by atoms with Gasteiger partial charge in [-0.25, -0.2) is 11.0 Å². The summed E-state index contributed by atoms with van der Waals surface area (Å²) < 4.78 is 25.6. The lowest BCUT2D eigenvalue weighted by Crippen LogP contribution is -2.18. The summed E-state index contributed by atoms with van der Waals surface area (Å²) in [6.07, 6.45) is 1.72. The molecule has 1 aliphatic rings. The van der Waals surface area contributed by atoms with E-state index in [-0.39, 0.29) is 23.9 Å². The molecule has 1 aliphatic carbocycles. The lowest BCUT2D eigenvalue weighted by Gasteiger charge is -2.12. The molecule has 1 amide bonds. The molecular weight excluding hydrogens is 471 g/mol. The molecule has 4 aromatic rings. The Balaban J connectivity index is 1.65. The molecule has 1 N–H and O–H groups in total. The van der Waals surface area contributed by atoms with Gasteiger partial charge in [0.05, 0.1) is 18.6 Å². The molecule has 6 nitrogen and oxygen atoms in total. The quantitative estimate of drug-likeness (QED) is 0.218. The monoisotopic (exact) mass is 496 g/mol. The van der Waals surface area contributed by atoms with E-state index in [2.05, 4.69) is 10.2 Å². The van der Waals surface area contributed by atoms with Crippen molar-refractivity contribution >= 4 is 22.7 Å². The van der Waals surface area contributed by atoms with Crippen LogP contribution in [0.25, 0.3) is 38.3 Å². The highest BCUT2D eigenvalue weighted by Crippen LogP contribution is 2.44. The Kier molecular flexibility index (Phi) is 6.26. The third-order valence-electron chi connectivity index (χ3n) is 6.70. The van der Waals surface area contributed by atoms with Crippen LogP contribution in [0.1, 0.15) is 46.9 Å². The van der Waals surface area contributed by atoms with Crippen LogP contribution in [0.4, 0.5) is 4.39 Å². The van der Waals surface area contributed by atoms with Crippen molar-refractivity contribution in [1.82, 2.24) is 5.32 Å². The fraction of sp³-hybridized carbons (Fsp3) is 0.233. The molecule has 0 bridgehead atoms. The van der Waals surface area contributed by atoms with Crippen LogP contribution in [-0.4, -0.2) is 30.9 Å². The maximum Gasteiger partial charge on any atom is 0.255 e. The van der Waals surface area contributed by atoms with Gasteiger partial charge in [0, 0.05) is 48.0 Å². The topological polar surface area (TPSA) is 72.9 Å². The molecule has 0 radical (unpaired) electrons. The number of carbonyl (C=O) groups is 2. The number of benzene rings is 3. The van der Waals surface area contributed by atoms with Crippen LogP contribution >= 0.6 is 0 Å². The molecule has 0 spiro atoms. The van der Waals surface area contributed by atoms with Gasteiger partial charge in [0.15, 0.2) is 5.78 Å². The maximum atomic E-state index is 13.5. The molecular formula is C30H25FN2O4. The van der Waals surface area contributed by atoms with Crippen molar-refractivity contribution < 1.29 is 23.1 Å². The van der Waals surface area contributed by atoms with Gasteiger partial charge in [0.1, 0.15) is 22.9 Å². The highest BCUT2D eigenvalue weighted by molar-refractivity contribution is 6.12. The minimum atomic E-state index is -0.543. The third-order valence-corrected chi connectivity index (χ3v) is 6.70. The number of amides is 1. The lowest BCUT2D eigenvalue weighted by molar-refractivity contribution is 0.0960. The van der Waals surface area contributed by atoms with Crippen molar-refractivity contribution in [3.63, 3.8) is 0 Å². The molecule has 0 atom stereocenters. The molecule has 186 valence electrons. The van der Waals surface area contributed by atoms with Gasteiger partial charge in [-0.15, -0.1) is 0 Å². The van der Waals surface area contributed by atoms with E-state index in [1.54, 1.807) is 36.4 Å². The van der Waals surface area contributed by atoms with E-state index in [9.17, 15) is 14.0 Å². The number of ketones is 1. The normalized spacial score (nSPS) is 13.7. The summed E-state index contributed by atoms with van der Waals surface area (Å²) in [7, 11) is 1.54. The second kappa shape index (κ2) is 9.55. The van der Waals surface area contributed by atoms with Crippen LogP contribution in [0, 0.1) is 12.4 Å². The predicted octanol–water partition coefficient (Wildman–Crippen LogP) is 6.69. The fourth-order valence-electron chi connectivity index (χ4n) is 4.51. The number of carbonyl (C=O) groups excluding carboxylic acids is 2. The zero-order valence-electron chi connectivity index (χ0n) is 20.6. The van der Waals surface area contributed by atoms with Crippen LogP contribution in [0.2, 0.25) is 0 Å². The van der Waals surface area contributed by atoms with E-state index < -0.39 is 5.54 Å². The maximum absolute atomic E-state index is 13.5. The standard InChI is InChI=1S/C30H25FN2O4/c1-4-36-25-16-26-23(27(29(35)32-2)28(37-26)18-8-10-21(31)11-9-18)15-22(25)19-6-5-7-20(14-19)24(34)17-30(33-3)12-13-30/h5-11,14-16H,4,12-13,17H2,1-2H3,(H,32,35). The average molecular weight is 497 g/mol. The van der Waals surface area contributed by atoms with Crippen LogP contribution in [0.15, 0.2) is 65.1 Å². The van der Waals surface area contributed by atoms with Crippen molar-refractivity contribution in [3.05, 3.63) is 89.0 Å². The van der Waals surface area contributed by atoms with Gasteiger partial charge in [0.2, 0.25) is 5.54 Å². The van der Waals surface area contributed by atoms with Crippen molar-refractivity contribution in [2.45, 2.75) is 31.7 Å². The van der Waals surface area contributed by atoms with Gasteiger partial charge in [0.25, 0.3) is 5.91 Å². The van der Waals surface area contributed by atoms with E-state index in [1.807, 2.05) is 19.1 Å². The summed E-state index contributed by atoms with van der Waals surface area (Å²) in [6.45, 7) is 9.66. The van der Waals surface area contributed by atoms with Crippen LogP contribution in [-0.2, 0) is 0 Å². The van der Waals surface area contributed by atoms with E-state index in [1.165, 1.54) is 19.2 Å². The molecule has 0 unspecified atom stereocenters. The molecule has 1 aromatic heterocycles. The molecule has 5 rings (SSSR count). The van der Waals surface area contributed by atoms with E-state index in [0.29, 0.717) is 51.3 Å². The van der Waals surface area contributed by atoms with Gasteiger partial charge in [-0.1, -0.05) is 18.2 Å². The summed E-state index contributed by atoms with van der Waals surface area (Å²) >= 11 is 0. The third kappa shape index (κ3) is 4.58. The summed E-state index contributed by atoms with van der Waals surface area (Å²) in [5.74, 6) is 0.0723. The summed E-state index contributed by atoms with van der Waals surface area (Å²) in [5, 5.41) is 3.23. The molecule has 1 saturated carbocycles. The minimum absolute atomic E-state index is 0.0673. The predicted molar refractivity (Wildman–Crippen MR) is 139 cm³/mol. The Morgan fingerprint density at radius 2 is 1.86 bits per heavy atom. The lowest BCUT2D eigenvalue weighted by atomic mass is 9.95. The van der Waals surface area contributed by atoms with E-state index in [4.69, 9.17) is 15.7 Å². The van der Waals surface area contributed by atoms with Crippen molar-refractivity contribution in [3.8, 4) is 28.2 Å². The zero-order valence-corrected chi connectivity index (χ0v) is 20.6. The summed E-state index contributed by atoms with van der Waals surface area (Å²) in [4.78, 5) is 29.6. The number of nitrogens with zero attached hydrogens (tertiary/aromatic N) is 1. The number of halogens is 1. The summed E-state index contributed by atoms with van der Waals surface area (Å²) in [6, 6.07) is 16.6. The fourth-order valence-corrected chi connectivity index (χ4v) is 4.51. The Morgan fingerprint density at radius 1 is 1.11 bits per heavy atom. The Hall–Kier alpha value is -4.44. The largest absolute Gasteiger partial charge is 0.493 e. The highest BCUT2D eigenvalue weighted by Gasteiger charge is 2.52. The van der Waals surface area contributed by atoms with Crippen molar-refractivity contribution in [2.24, 2.45) is 0 Å². The molecule has 7 heteroatoms. The van der Waals surface area contributed by atoms with Crippen LogP contribution < -0.4 is 10.1 Å². The number of nitrogens with one attached hydrogen (secondary N) is 1. The Morgan fingerprint density at radius 3 is 2.51 bits per heavy atom. The number of furan rings is 1. The second-order valence-electron chi connectivity index (χ2n) is 9.19. The van der Waals surface area contributed by atoms with Crippen molar-refractivity contribution in [1.29, 1.82) is 0 Å². The van der Waals surface area contributed by atoms with Crippen LogP contribution in [0.5, 0.6) is 5.75 Å². The first kappa shape index (κ1) is 24.3. The number of Topliss-reactive ketones (excluding diaryl/α,β-unsaturated/α-hetero) is 1. The number of hydrogen-bond donors (Lipinski definition) is 1. The first-order chi connectivity index (χ1) is 17.9. The van der Waals surface area contributed by atoms with Gasteiger partial charge in [-0.3, -0.25) is 9.59 Å². The number of fused-ring (bicyclic) bond motifs is 1. The minimum Gasteiger partial charge on any atom is -0.493 e. The molecule has 1 heterocycles. The van der Waals surface area contributed by atoms with Gasteiger partial charge >= 0.3 is 0 Å². The average Bonchev–Trinajstić information content (AvgIpc) is 3.59. The van der Waals surface area contributed by atoms with Gasteiger partial charge in [-0.2, -0.15) is 0 Å². The SMILES string of the molecule is [C-]#[N+]C1(CC(=O)c2cccc(-c3cc4c(C(=O)NC)c(-c5ccc(F)cc5)oc4cc3OCC)c2)CC1. The van der Waals surface area contributed by atoms with Gasteiger partial charge < -0.3 is 19.3 Å². The molecule has 37 heavy (non-hydrogen) atoms. The van der Waals surface area contributed by atoms with Gasteiger partial charge in [-0.05, 0) is 48.9 Å². The number of ether oxygens (including phenoxy) is 1. The Bertz CT molecular complexity index is 1560. The highest BCUT2D eigenvalue weighted by atomic mass is 19.1. The number of hydrogen-bond acceptors (Lipinski definition) is 4. The second-order valence-corrected chi connectivity index (χ2v) is 9.19. The first-order valence-corrected chi connectivity index (χ1v) is 12.1. The van der Waals surface area contributed by atoms with E-state index in [0.717, 1.165) is 18.4 Å². The van der Waals surface area contributed by atoms with Crippen molar-refractivity contribution in [2.75, 3.05) is 13.7 Å². The molecule has 1 fully saturated rings. The van der Waals surface area contributed by atoms with Crippen LogP contribution in [0.3, 0.4) is 0 Å². The first-order valence-electron chi connectivity index (χ1n) is 12.1. The Labute approximate surface area is 213 Å². The molecule has 0 saturated heterocycles. The molecule has 3 aromatic carbocycles. The number of rotatable bonds is 8. The summed E-state index contributed by atoms with van der Waals surface area (Å²) in [5.41, 5.74) is 2.78. The van der Waals surface area contributed by atoms with E-state index >= 15 is 0 Å². The molecule has 0 aliphatic heterocycles.